The highest BCUT2D eigenvalue weighted by atomic mass is 32.2. The minimum absolute atomic E-state index is 0.0506. The fraction of sp³-hybridized carbons (Fsp3) is 0.600. The molecule has 0 saturated carbocycles. The molecule has 0 bridgehead atoms. The Hall–Kier alpha value is -1.69. The number of hydrogen-bond acceptors (Lipinski definition) is 4. The van der Waals surface area contributed by atoms with E-state index in [0.717, 1.165) is 37.3 Å². The summed E-state index contributed by atoms with van der Waals surface area (Å²) in [4.78, 5) is 26.5. The van der Waals surface area contributed by atoms with Gasteiger partial charge in [-0.2, -0.15) is 11.8 Å². The number of carbonyl (C=O) groups excluding carboxylic acids is 2. The molecule has 26 heavy (non-hydrogen) atoms. The number of methoxy groups -OCH3 is 1. The number of rotatable bonds is 7. The van der Waals surface area contributed by atoms with E-state index in [-0.39, 0.29) is 11.8 Å². The van der Waals surface area contributed by atoms with Crippen molar-refractivity contribution in [2.24, 2.45) is 0 Å². The van der Waals surface area contributed by atoms with Crippen LogP contribution in [0.25, 0.3) is 0 Å². The molecule has 2 unspecified atom stereocenters. The summed E-state index contributed by atoms with van der Waals surface area (Å²) in [5.41, 5.74) is 1.24. The predicted molar refractivity (Wildman–Crippen MR) is 107 cm³/mol. The summed E-state index contributed by atoms with van der Waals surface area (Å²) < 4.78 is 5.24. The highest BCUT2D eigenvalue weighted by Gasteiger charge is 2.28. The van der Waals surface area contributed by atoms with E-state index >= 15 is 0 Å². The van der Waals surface area contributed by atoms with Crippen LogP contribution >= 0.6 is 11.8 Å². The zero-order valence-corrected chi connectivity index (χ0v) is 16.8. The van der Waals surface area contributed by atoms with Crippen LogP contribution in [-0.4, -0.2) is 55.0 Å². The first-order chi connectivity index (χ1) is 12.5. The lowest BCUT2D eigenvalue weighted by Gasteiger charge is -2.29. The van der Waals surface area contributed by atoms with Crippen molar-refractivity contribution in [3.63, 3.8) is 0 Å². The van der Waals surface area contributed by atoms with E-state index in [1.165, 1.54) is 12.5 Å². The molecule has 1 aliphatic rings. The van der Waals surface area contributed by atoms with Gasteiger partial charge in [0.25, 0.3) is 0 Å². The molecule has 0 aromatic heterocycles. The van der Waals surface area contributed by atoms with Gasteiger partial charge in [0.15, 0.2) is 0 Å². The van der Waals surface area contributed by atoms with Crippen molar-refractivity contribution in [1.29, 1.82) is 0 Å². The van der Waals surface area contributed by atoms with Crippen molar-refractivity contribution in [2.45, 2.75) is 44.6 Å². The molecule has 1 aliphatic heterocycles. The normalized spacial score (nSPS) is 18.7. The van der Waals surface area contributed by atoms with Gasteiger partial charge in [-0.3, -0.25) is 9.59 Å². The van der Waals surface area contributed by atoms with Crippen molar-refractivity contribution in [3.05, 3.63) is 29.8 Å². The molecule has 144 valence electrons. The molecule has 2 amide bonds. The standard InChI is InChI=1S/C20H30N2O3S/c1-15(23)21-19(11-13-26-3)20(24)22-12-5-4-6-17(14-22)16-7-9-18(25-2)10-8-16/h7-10,17,19H,4-6,11-14H2,1-3H3,(H,21,23). The maximum atomic E-state index is 13.1. The van der Waals surface area contributed by atoms with Crippen LogP contribution in [0.3, 0.4) is 0 Å². The van der Waals surface area contributed by atoms with E-state index in [1.54, 1.807) is 18.9 Å². The third-order valence-corrected chi connectivity index (χ3v) is 5.50. The minimum atomic E-state index is -0.422. The molecule has 1 aromatic rings. The van der Waals surface area contributed by atoms with Crippen LogP contribution < -0.4 is 10.1 Å². The molecule has 5 nitrogen and oxygen atoms in total. The molecule has 0 radical (unpaired) electrons. The zero-order chi connectivity index (χ0) is 18.9. The van der Waals surface area contributed by atoms with E-state index in [1.807, 2.05) is 23.3 Å². The Morgan fingerprint density at radius 3 is 2.65 bits per heavy atom. The average molecular weight is 379 g/mol. The van der Waals surface area contributed by atoms with Crippen molar-refractivity contribution in [1.82, 2.24) is 10.2 Å². The molecular formula is C20H30N2O3S. The van der Waals surface area contributed by atoms with Crippen LogP contribution in [0.1, 0.15) is 44.1 Å². The predicted octanol–water partition coefficient (Wildman–Crippen LogP) is 3.05. The summed E-state index contributed by atoms with van der Waals surface area (Å²) in [5.74, 6) is 1.93. The Morgan fingerprint density at radius 1 is 1.31 bits per heavy atom. The van der Waals surface area contributed by atoms with Gasteiger partial charge in [-0.05, 0) is 49.0 Å². The molecule has 2 atom stereocenters. The third-order valence-electron chi connectivity index (χ3n) is 4.86. The van der Waals surface area contributed by atoms with Gasteiger partial charge in [-0.1, -0.05) is 18.6 Å². The molecule has 0 aliphatic carbocycles. The van der Waals surface area contributed by atoms with Gasteiger partial charge in [0.2, 0.25) is 11.8 Å². The largest absolute Gasteiger partial charge is 0.497 e. The van der Waals surface area contributed by atoms with E-state index in [4.69, 9.17) is 4.74 Å². The molecular weight excluding hydrogens is 348 g/mol. The summed E-state index contributed by atoms with van der Waals surface area (Å²) in [6.45, 7) is 2.95. The number of nitrogens with zero attached hydrogens (tertiary/aromatic N) is 1. The van der Waals surface area contributed by atoms with Gasteiger partial charge in [0.1, 0.15) is 11.8 Å². The lowest BCUT2D eigenvalue weighted by atomic mass is 9.94. The molecule has 0 spiro atoms. The number of thioether (sulfide) groups is 1. The van der Waals surface area contributed by atoms with Crippen molar-refractivity contribution in [3.8, 4) is 5.75 Å². The summed E-state index contributed by atoms with van der Waals surface area (Å²) in [6, 6.07) is 7.72. The molecule has 1 N–H and O–H groups in total. The number of nitrogens with one attached hydrogen (secondary N) is 1. The molecule has 1 heterocycles. The Balaban J connectivity index is 2.10. The van der Waals surface area contributed by atoms with Crippen LogP contribution in [0.2, 0.25) is 0 Å². The van der Waals surface area contributed by atoms with E-state index < -0.39 is 6.04 Å². The number of carbonyl (C=O) groups is 2. The van der Waals surface area contributed by atoms with E-state index in [2.05, 4.69) is 17.4 Å². The summed E-state index contributed by atoms with van der Waals surface area (Å²) in [5, 5.41) is 2.84. The molecule has 2 rings (SSSR count). The summed E-state index contributed by atoms with van der Waals surface area (Å²) in [6.07, 6.45) is 5.87. The lowest BCUT2D eigenvalue weighted by Crippen LogP contribution is -2.49. The quantitative estimate of drug-likeness (QED) is 0.792. The first-order valence-corrected chi connectivity index (χ1v) is 10.6. The summed E-state index contributed by atoms with van der Waals surface area (Å²) >= 11 is 1.69. The molecule has 1 aromatic carbocycles. The minimum Gasteiger partial charge on any atom is -0.497 e. The maximum absolute atomic E-state index is 13.1. The second-order valence-electron chi connectivity index (χ2n) is 6.78. The van der Waals surface area contributed by atoms with Crippen molar-refractivity contribution >= 4 is 23.6 Å². The second kappa shape index (κ2) is 10.5. The maximum Gasteiger partial charge on any atom is 0.245 e. The van der Waals surface area contributed by atoms with Gasteiger partial charge in [-0.25, -0.2) is 0 Å². The SMILES string of the molecule is COc1ccc(C2CCCCN(C(=O)C(CCSC)NC(C)=O)C2)cc1. The Bertz CT molecular complexity index is 591. The Labute approximate surface area is 160 Å². The van der Waals surface area contributed by atoms with Crippen LogP contribution in [-0.2, 0) is 9.59 Å². The smallest absolute Gasteiger partial charge is 0.245 e. The average Bonchev–Trinajstić information content (AvgIpc) is 2.90. The monoisotopic (exact) mass is 378 g/mol. The fourth-order valence-corrected chi connectivity index (χ4v) is 3.92. The van der Waals surface area contributed by atoms with E-state index in [9.17, 15) is 9.59 Å². The van der Waals surface area contributed by atoms with Gasteiger partial charge in [0.05, 0.1) is 7.11 Å². The first kappa shape index (κ1) is 20.6. The topological polar surface area (TPSA) is 58.6 Å². The van der Waals surface area contributed by atoms with Crippen LogP contribution in [0.15, 0.2) is 24.3 Å². The van der Waals surface area contributed by atoms with Crippen LogP contribution in [0, 0.1) is 0 Å². The second-order valence-corrected chi connectivity index (χ2v) is 7.77. The third kappa shape index (κ3) is 5.94. The lowest BCUT2D eigenvalue weighted by molar-refractivity contribution is -0.136. The van der Waals surface area contributed by atoms with Gasteiger partial charge in [0, 0.05) is 25.9 Å². The number of benzene rings is 1. The first-order valence-electron chi connectivity index (χ1n) is 9.24. The molecule has 1 saturated heterocycles. The zero-order valence-electron chi connectivity index (χ0n) is 16.0. The van der Waals surface area contributed by atoms with Crippen LogP contribution in [0.5, 0.6) is 5.75 Å². The van der Waals surface area contributed by atoms with Crippen molar-refractivity contribution in [2.75, 3.05) is 32.2 Å². The fourth-order valence-electron chi connectivity index (χ4n) is 3.45. The summed E-state index contributed by atoms with van der Waals surface area (Å²) in [7, 11) is 1.66. The Kier molecular flexibility index (Phi) is 8.29. The number of hydrogen-bond donors (Lipinski definition) is 1. The molecule has 6 heteroatoms. The van der Waals surface area contributed by atoms with Gasteiger partial charge < -0.3 is 15.0 Å². The number of ether oxygens (including phenoxy) is 1. The highest BCUT2D eigenvalue weighted by molar-refractivity contribution is 7.98. The van der Waals surface area contributed by atoms with Gasteiger partial charge in [-0.15, -0.1) is 0 Å². The van der Waals surface area contributed by atoms with Crippen LogP contribution in [0.4, 0.5) is 0 Å². The van der Waals surface area contributed by atoms with Crippen molar-refractivity contribution < 1.29 is 14.3 Å². The number of amides is 2. The number of likely N-dealkylation sites (tertiary alicyclic amines) is 1. The Morgan fingerprint density at radius 2 is 2.04 bits per heavy atom. The van der Waals surface area contributed by atoms with E-state index in [0.29, 0.717) is 18.9 Å². The molecule has 1 fully saturated rings. The van der Waals surface area contributed by atoms with Gasteiger partial charge >= 0.3 is 0 Å². The highest BCUT2D eigenvalue weighted by Crippen LogP contribution is 2.28.